The third-order valence-corrected chi connectivity index (χ3v) is 12.0. The number of hydrogen-bond acceptors (Lipinski definition) is 7. The molecule has 3 heterocycles. The van der Waals surface area contributed by atoms with Crippen LogP contribution in [0.4, 0.5) is 11.4 Å². The number of rotatable bonds is 8. The molecule has 3 aliphatic heterocycles. The molecule has 1 aromatic carbocycles. The van der Waals surface area contributed by atoms with Crippen molar-refractivity contribution >= 4 is 24.7 Å². The number of anilines is 1. The van der Waals surface area contributed by atoms with E-state index in [-0.39, 0.29) is 19.3 Å². The van der Waals surface area contributed by atoms with Crippen molar-refractivity contribution in [2.24, 2.45) is 16.8 Å². The van der Waals surface area contributed by atoms with Gasteiger partial charge in [0.05, 0.1) is 30.3 Å². The highest BCUT2D eigenvalue weighted by atomic mass is 31.2. The molecule has 1 N–H and O–H groups in total. The molecule has 0 amide bonds. The molecule has 2 saturated carbocycles. The molecule has 6 rings (SSSR count). The van der Waals surface area contributed by atoms with Gasteiger partial charge in [-0.25, -0.2) is 4.99 Å². The van der Waals surface area contributed by atoms with Crippen LogP contribution in [0, 0.1) is 11.8 Å². The fourth-order valence-electron chi connectivity index (χ4n) is 8.67. The van der Waals surface area contributed by atoms with Gasteiger partial charge in [-0.05, 0) is 95.3 Å². The van der Waals surface area contributed by atoms with Crippen LogP contribution in [-0.2, 0) is 13.6 Å². The number of para-hydroxylation sites is 2. The maximum absolute atomic E-state index is 13.1. The van der Waals surface area contributed by atoms with Crippen LogP contribution in [0.5, 0.6) is 0 Å². The van der Waals surface area contributed by atoms with E-state index in [4.69, 9.17) is 14.0 Å². The van der Waals surface area contributed by atoms with Crippen LogP contribution in [-0.4, -0.2) is 59.3 Å². The Labute approximate surface area is 246 Å². The average Bonchev–Trinajstić information content (AvgIpc) is 3.20. The zero-order chi connectivity index (χ0) is 28.6. The molecule has 41 heavy (non-hydrogen) atoms. The lowest BCUT2D eigenvalue weighted by Crippen LogP contribution is -2.62. The summed E-state index contributed by atoms with van der Waals surface area (Å²) in [6, 6.07) is 10.0. The summed E-state index contributed by atoms with van der Waals surface area (Å²) < 4.78 is 24.0. The summed E-state index contributed by atoms with van der Waals surface area (Å²) in [6.07, 6.45) is 14.5. The predicted octanol–water partition coefficient (Wildman–Crippen LogP) is 7.59. The SMILES string of the molecule is C=C1C[C@@H]2CCC[C@H]1C[C@H](N1[C@@H]3CCC[C@H]1C[C@@H](N1c4ccccc4N=C(/C=C/P(=O)(OCC)OCC)C1O)C3)C2. The Morgan fingerprint density at radius 1 is 0.976 bits per heavy atom. The van der Waals surface area contributed by atoms with E-state index >= 15 is 0 Å². The quantitative estimate of drug-likeness (QED) is 0.252. The van der Waals surface area contributed by atoms with Crippen LogP contribution in [0.15, 0.2) is 53.3 Å². The van der Waals surface area contributed by atoms with E-state index in [9.17, 15) is 9.67 Å². The van der Waals surface area contributed by atoms with Gasteiger partial charge in [-0.3, -0.25) is 9.46 Å². The first kappa shape index (κ1) is 29.3. The zero-order valence-electron chi connectivity index (χ0n) is 24.9. The highest BCUT2D eigenvalue weighted by Gasteiger charge is 2.47. The van der Waals surface area contributed by atoms with Gasteiger partial charge in [0.1, 0.15) is 0 Å². The molecule has 2 aliphatic carbocycles. The molecule has 224 valence electrons. The minimum Gasteiger partial charge on any atom is -0.368 e. The third-order valence-electron chi connectivity index (χ3n) is 10.3. The lowest BCUT2D eigenvalue weighted by Gasteiger charge is -2.55. The van der Waals surface area contributed by atoms with Crippen molar-refractivity contribution < 1.29 is 18.7 Å². The number of benzene rings is 1. The number of aliphatic hydroxyl groups is 1. The van der Waals surface area contributed by atoms with Gasteiger partial charge in [0.2, 0.25) is 0 Å². The van der Waals surface area contributed by atoms with E-state index in [1.54, 1.807) is 19.9 Å². The molecular formula is C33H48N3O4P. The molecular weight excluding hydrogens is 533 g/mol. The normalized spacial score (nSPS) is 34.3. The van der Waals surface area contributed by atoms with Crippen LogP contribution < -0.4 is 4.90 Å². The topological polar surface area (TPSA) is 74.6 Å². The molecule has 7 atom stereocenters. The van der Waals surface area contributed by atoms with E-state index < -0.39 is 13.8 Å². The summed E-state index contributed by atoms with van der Waals surface area (Å²) in [5.41, 5.74) is 3.81. The van der Waals surface area contributed by atoms with Crippen molar-refractivity contribution in [1.82, 2.24) is 4.90 Å². The second-order valence-corrected chi connectivity index (χ2v) is 14.7. The molecule has 1 aromatic rings. The third kappa shape index (κ3) is 6.03. The number of aliphatic hydroxyl groups excluding tert-OH is 1. The fraction of sp³-hybridized carbons (Fsp3) is 0.667. The van der Waals surface area contributed by atoms with Gasteiger partial charge in [-0.1, -0.05) is 43.5 Å². The summed E-state index contributed by atoms with van der Waals surface area (Å²) in [6.45, 7) is 8.68. The summed E-state index contributed by atoms with van der Waals surface area (Å²) in [5, 5.41) is 11.8. The Balaban J connectivity index is 1.25. The average molecular weight is 582 g/mol. The van der Waals surface area contributed by atoms with Gasteiger partial charge in [-0.15, -0.1) is 0 Å². The van der Waals surface area contributed by atoms with Crippen molar-refractivity contribution in [1.29, 1.82) is 0 Å². The number of allylic oxidation sites excluding steroid dienone is 1. The number of nitrogens with zero attached hydrogens (tertiary/aromatic N) is 3. The highest BCUT2D eigenvalue weighted by Crippen LogP contribution is 2.51. The standard InChI is InChI=1S/C33H48N3O4P/c1-4-39-41(38,40-5-2)17-16-31-33(37)36(32-15-7-6-14-30(32)34-31)29-21-26-12-9-13-27(22-29)35(26)28-19-24-10-8-11-25(20-28)23(3)18-24/h6-7,14-17,24-29,33,37H,3-5,8-13,18-22H2,1-2H3/b17-16+/t24-,25-,26-,27+,28+,29+,33?/m0/s1. The van der Waals surface area contributed by atoms with Gasteiger partial charge in [0.15, 0.2) is 6.23 Å². The predicted molar refractivity (Wildman–Crippen MR) is 166 cm³/mol. The molecule has 8 heteroatoms. The van der Waals surface area contributed by atoms with Gasteiger partial charge >= 0.3 is 7.60 Å². The molecule has 0 radical (unpaired) electrons. The van der Waals surface area contributed by atoms with Crippen LogP contribution in [0.25, 0.3) is 0 Å². The van der Waals surface area contributed by atoms with Crippen LogP contribution >= 0.6 is 7.60 Å². The van der Waals surface area contributed by atoms with E-state index in [0.29, 0.717) is 29.8 Å². The van der Waals surface area contributed by atoms with Crippen molar-refractivity contribution in [3.63, 3.8) is 0 Å². The lowest BCUT2D eigenvalue weighted by atomic mass is 9.77. The van der Waals surface area contributed by atoms with Gasteiger partial charge in [0.25, 0.3) is 0 Å². The minimum absolute atomic E-state index is 0.211. The Hall–Kier alpha value is -1.76. The molecule has 2 saturated heterocycles. The molecule has 1 unspecified atom stereocenters. The lowest BCUT2D eigenvalue weighted by molar-refractivity contribution is -0.0234. The summed E-state index contributed by atoms with van der Waals surface area (Å²) in [4.78, 5) is 9.93. The Morgan fingerprint density at radius 3 is 2.41 bits per heavy atom. The highest BCUT2D eigenvalue weighted by molar-refractivity contribution is 7.57. The smallest absolute Gasteiger partial charge is 0.354 e. The maximum atomic E-state index is 13.1. The van der Waals surface area contributed by atoms with Crippen molar-refractivity contribution in [2.75, 3.05) is 18.1 Å². The first-order valence-electron chi connectivity index (χ1n) is 16.1. The Kier molecular flexibility index (Phi) is 8.91. The summed E-state index contributed by atoms with van der Waals surface area (Å²) in [7, 11) is -3.41. The summed E-state index contributed by atoms with van der Waals surface area (Å²) in [5.74, 6) is 2.95. The number of hydrogen-bond donors (Lipinski definition) is 1. The first-order chi connectivity index (χ1) is 19.9. The molecule has 4 fully saturated rings. The second-order valence-electron chi connectivity index (χ2n) is 12.8. The largest absolute Gasteiger partial charge is 0.368 e. The number of piperidine rings is 2. The van der Waals surface area contributed by atoms with E-state index in [0.717, 1.165) is 30.1 Å². The van der Waals surface area contributed by atoms with E-state index in [1.165, 1.54) is 69.2 Å². The molecule has 0 aromatic heterocycles. The van der Waals surface area contributed by atoms with Crippen molar-refractivity contribution in [3.8, 4) is 0 Å². The zero-order valence-corrected chi connectivity index (χ0v) is 25.8. The first-order valence-corrected chi connectivity index (χ1v) is 17.7. The van der Waals surface area contributed by atoms with Crippen LogP contribution in [0.3, 0.4) is 0 Å². The van der Waals surface area contributed by atoms with Crippen molar-refractivity contribution in [3.05, 3.63) is 48.3 Å². The van der Waals surface area contributed by atoms with Gasteiger partial charge in [0, 0.05) is 30.0 Å². The summed E-state index contributed by atoms with van der Waals surface area (Å²) >= 11 is 0. The number of fused-ring (bicyclic) bond motifs is 6. The molecule has 5 aliphatic rings. The Bertz CT molecular complexity index is 1190. The number of aliphatic imine (C=N–C) groups is 1. The van der Waals surface area contributed by atoms with Crippen LogP contribution in [0.2, 0.25) is 0 Å². The van der Waals surface area contributed by atoms with Gasteiger partial charge < -0.3 is 19.1 Å². The minimum atomic E-state index is -3.41. The van der Waals surface area contributed by atoms with Crippen LogP contribution in [0.1, 0.15) is 84.5 Å². The monoisotopic (exact) mass is 581 g/mol. The second kappa shape index (κ2) is 12.5. The molecule has 7 nitrogen and oxygen atoms in total. The fourth-order valence-corrected chi connectivity index (χ4v) is 9.97. The van der Waals surface area contributed by atoms with Crippen molar-refractivity contribution in [2.45, 2.75) is 115 Å². The van der Waals surface area contributed by atoms with Gasteiger partial charge in [-0.2, -0.15) is 0 Å². The van der Waals surface area contributed by atoms with E-state index in [1.807, 2.05) is 18.2 Å². The van der Waals surface area contributed by atoms with E-state index in [2.05, 4.69) is 22.4 Å². The molecule has 0 spiro atoms. The Morgan fingerprint density at radius 2 is 1.68 bits per heavy atom. The molecule has 4 bridgehead atoms. The maximum Gasteiger partial charge on any atom is 0.354 e.